The number of nitrogen functional groups attached to an aromatic ring is 1. The van der Waals surface area contributed by atoms with Crippen LogP contribution in [0, 0.1) is 23.3 Å². The Morgan fingerprint density at radius 1 is 1.00 bits per heavy atom. The van der Waals surface area contributed by atoms with Gasteiger partial charge in [0.05, 0.1) is 12.2 Å². The van der Waals surface area contributed by atoms with Gasteiger partial charge in [-0.2, -0.15) is 0 Å². The van der Waals surface area contributed by atoms with Crippen molar-refractivity contribution in [2.24, 2.45) is 0 Å². The Bertz CT molecular complexity index is 659. The van der Waals surface area contributed by atoms with E-state index in [-0.39, 0.29) is 5.56 Å². The fourth-order valence-corrected chi connectivity index (χ4v) is 1.98. The number of anilines is 1. The molecule has 0 aliphatic carbocycles. The average Bonchev–Trinajstić information content (AvgIpc) is 2.52. The Hall–Kier alpha value is -2.24. The smallest absolute Gasteiger partial charge is 0.185 e. The van der Waals surface area contributed by atoms with Crippen LogP contribution in [0.3, 0.4) is 0 Å². The third-order valence-electron chi connectivity index (χ3n) is 3.19. The number of hydrogen-bond donors (Lipinski definition) is 1. The molecule has 0 amide bonds. The molecule has 0 bridgehead atoms. The number of hydrogen-bond acceptors (Lipinski definition) is 2. The van der Waals surface area contributed by atoms with Crippen LogP contribution in [0.4, 0.5) is 23.2 Å². The molecule has 0 radical (unpaired) electrons. The first-order valence-electron chi connectivity index (χ1n) is 6.82. The second-order valence-electron chi connectivity index (χ2n) is 4.77. The van der Waals surface area contributed by atoms with Crippen molar-refractivity contribution in [1.29, 1.82) is 0 Å². The maximum Gasteiger partial charge on any atom is 0.185 e. The Morgan fingerprint density at radius 3 is 2.23 bits per heavy atom. The average molecular weight is 313 g/mol. The van der Waals surface area contributed by atoms with Crippen molar-refractivity contribution in [3.05, 3.63) is 47.5 Å². The van der Waals surface area contributed by atoms with Crippen LogP contribution in [0.25, 0.3) is 11.1 Å². The molecule has 0 aliphatic heterocycles. The lowest BCUT2D eigenvalue weighted by molar-refractivity contribution is 0.309. The minimum Gasteiger partial charge on any atom is -0.494 e. The first kappa shape index (κ1) is 16.1. The van der Waals surface area contributed by atoms with Gasteiger partial charge in [-0.05, 0) is 24.1 Å². The second kappa shape index (κ2) is 6.68. The topological polar surface area (TPSA) is 35.2 Å². The summed E-state index contributed by atoms with van der Waals surface area (Å²) in [5, 5.41) is 0. The lowest BCUT2D eigenvalue weighted by Gasteiger charge is -2.11. The summed E-state index contributed by atoms with van der Waals surface area (Å²) in [4.78, 5) is 0. The molecular weight excluding hydrogens is 298 g/mol. The van der Waals surface area contributed by atoms with Crippen LogP contribution < -0.4 is 10.5 Å². The summed E-state index contributed by atoms with van der Waals surface area (Å²) in [6.45, 7) is 2.43. The second-order valence-corrected chi connectivity index (χ2v) is 4.77. The number of ether oxygens (including phenoxy) is 1. The van der Waals surface area contributed by atoms with Crippen LogP contribution in [0.5, 0.6) is 5.75 Å². The Kier molecular flexibility index (Phi) is 4.90. The van der Waals surface area contributed by atoms with Crippen molar-refractivity contribution in [2.45, 2.75) is 19.8 Å². The van der Waals surface area contributed by atoms with Gasteiger partial charge in [0.2, 0.25) is 0 Å². The zero-order valence-corrected chi connectivity index (χ0v) is 11.9. The Labute approximate surface area is 125 Å². The molecule has 0 aromatic heterocycles. The number of unbranched alkanes of at least 4 members (excludes halogenated alkanes) is 1. The monoisotopic (exact) mass is 313 g/mol. The van der Waals surface area contributed by atoms with Crippen molar-refractivity contribution in [1.82, 2.24) is 0 Å². The first-order valence-corrected chi connectivity index (χ1v) is 6.82. The fourth-order valence-electron chi connectivity index (χ4n) is 1.98. The van der Waals surface area contributed by atoms with Crippen LogP contribution in [-0.4, -0.2) is 6.61 Å². The summed E-state index contributed by atoms with van der Waals surface area (Å²) < 4.78 is 60.3. The van der Waals surface area contributed by atoms with E-state index >= 15 is 0 Å². The van der Waals surface area contributed by atoms with E-state index in [1.165, 1.54) is 18.2 Å². The first-order chi connectivity index (χ1) is 10.5. The minimum absolute atomic E-state index is 0.0261. The van der Waals surface area contributed by atoms with E-state index in [1.807, 2.05) is 6.92 Å². The van der Waals surface area contributed by atoms with E-state index in [1.54, 1.807) is 6.07 Å². The van der Waals surface area contributed by atoms with Gasteiger partial charge in [0, 0.05) is 0 Å². The summed E-state index contributed by atoms with van der Waals surface area (Å²) >= 11 is 0. The van der Waals surface area contributed by atoms with Crippen LogP contribution in [0.1, 0.15) is 19.8 Å². The van der Waals surface area contributed by atoms with Crippen LogP contribution in [0.15, 0.2) is 24.3 Å². The van der Waals surface area contributed by atoms with Crippen LogP contribution in [0.2, 0.25) is 0 Å². The normalized spacial score (nSPS) is 10.8. The van der Waals surface area contributed by atoms with Gasteiger partial charge >= 0.3 is 0 Å². The SMILES string of the molecule is CCCCOc1cccc(-c2c(F)c(F)c(N)c(F)c2F)c1. The summed E-state index contributed by atoms with van der Waals surface area (Å²) in [7, 11) is 0. The summed E-state index contributed by atoms with van der Waals surface area (Å²) in [5.41, 5.74) is 2.99. The number of benzene rings is 2. The van der Waals surface area contributed by atoms with Gasteiger partial charge in [-0.25, -0.2) is 17.6 Å². The van der Waals surface area contributed by atoms with Gasteiger partial charge in [0.15, 0.2) is 23.3 Å². The molecule has 0 fully saturated rings. The number of rotatable bonds is 5. The van der Waals surface area contributed by atoms with Gasteiger partial charge in [-0.3, -0.25) is 0 Å². The summed E-state index contributed by atoms with van der Waals surface area (Å²) in [6, 6.07) is 5.75. The molecule has 2 aromatic rings. The van der Waals surface area contributed by atoms with E-state index in [4.69, 9.17) is 10.5 Å². The molecule has 0 saturated heterocycles. The standard InChI is InChI=1S/C16H15F4NO/c1-2-3-7-22-10-6-4-5-9(8-10)11-12(17)14(19)16(21)15(20)13(11)18/h4-6,8H,2-3,7,21H2,1H3. The molecule has 0 atom stereocenters. The Balaban J connectivity index is 2.46. The summed E-state index contributed by atoms with van der Waals surface area (Å²) in [6.07, 6.45) is 1.75. The van der Waals surface area contributed by atoms with Crippen molar-refractivity contribution in [2.75, 3.05) is 12.3 Å². The summed E-state index contributed by atoms with van der Waals surface area (Å²) in [5.74, 6) is -5.90. The van der Waals surface area contributed by atoms with Gasteiger partial charge < -0.3 is 10.5 Å². The molecule has 0 saturated carbocycles. The van der Waals surface area contributed by atoms with Crippen LogP contribution in [-0.2, 0) is 0 Å². The van der Waals surface area contributed by atoms with Gasteiger partial charge in [0.25, 0.3) is 0 Å². The van der Waals surface area contributed by atoms with Gasteiger partial charge in [-0.15, -0.1) is 0 Å². The highest BCUT2D eigenvalue weighted by atomic mass is 19.2. The van der Waals surface area contributed by atoms with Crippen molar-refractivity contribution in [3.63, 3.8) is 0 Å². The molecule has 6 heteroatoms. The van der Waals surface area contributed by atoms with E-state index in [0.717, 1.165) is 12.8 Å². The number of nitrogens with two attached hydrogens (primary N) is 1. The largest absolute Gasteiger partial charge is 0.494 e. The number of halogens is 4. The van der Waals surface area contributed by atoms with Crippen molar-refractivity contribution in [3.8, 4) is 16.9 Å². The molecule has 0 spiro atoms. The molecule has 2 N–H and O–H groups in total. The van der Waals surface area contributed by atoms with E-state index in [0.29, 0.717) is 12.4 Å². The van der Waals surface area contributed by atoms with Gasteiger partial charge in [-0.1, -0.05) is 25.5 Å². The minimum atomic E-state index is -1.61. The maximum absolute atomic E-state index is 13.9. The predicted molar refractivity (Wildman–Crippen MR) is 76.5 cm³/mol. The molecule has 2 aromatic carbocycles. The van der Waals surface area contributed by atoms with Crippen molar-refractivity contribution < 1.29 is 22.3 Å². The maximum atomic E-state index is 13.9. The highest BCUT2D eigenvalue weighted by molar-refractivity contribution is 5.69. The third-order valence-corrected chi connectivity index (χ3v) is 3.19. The highest BCUT2D eigenvalue weighted by Crippen LogP contribution is 2.34. The molecule has 0 heterocycles. The van der Waals surface area contributed by atoms with E-state index < -0.39 is 34.5 Å². The van der Waals surface area contributed by atoms with Gasteiger partial charge in [0.1, 0.15) is 11.4 Å². The Morgan fingerprint density at radius 2 is 1.64 bits per heavy atom. The molecule has 2 rings (SSSR count). The highest BCUT2D eigenvalue weighted by Gasteiger charge is 2.24. The molecule has 0 aliphatic rings. The van der Waals surface area contributed by atoms with Crippen LogP contribution >= 0.6 is 0 Å². The van der Waals surface area contributed by atoms with Crippen molar-refractivity contribution >= 4 is 5.69 Å². The lowest BCUT2D eigenvalue weighted by atomic mass is 10.0. The molecule has 2 nitrogen and oxygen atoms in total. The molecule has 0 unspecified atom stereocenters. The quantitative estimate of drug-likeness (QED) is 0.377. The van der Waals surface area contributed by atoms with E-state index in [2.05, 4.69) is 0 Å². The molecule has 118 valence electrons. The zero-order chi connectivity index (χ0) is 16.3. The third kappa shape index (κ3) is 3.00. The fraction of sp³-hybridized carbons (Fsp3) is 0.250. The van der Waals surface area contributed by atoms with E-state index in [9.17, 15) is 17.6 Å². The molecular formula is C16H15F4NO. The molecule has 22 heavy (non-hydrogen) atoms. The zero-order valence-electron chi connectivity index (χ0n) is 11.9. The predicted octanol–water partition coefficient (Wildman–Crippen LogP) is 4.67. The lowest BCUT2D eigenvalue weighted by Crippen LogP contribution is -2.05.